The maximum atomic E-state index is 12.4. The minimum Gasteiger partial charge on any atom is -0.480 e. The number of urea groups is 1. The normalized spacial score (nSPS) is 11.1. The molecule has 21 heavy (non-hydrogen) atoms. The van der Waals surface area contributed by atoms with Gasteiger partial charge in [0.15, 0.2) is 0 Å². The van der Waals surface area contributed by atoms with Crippen molar-refractivity contribution in [2.24, 2.45) is 0 Å². The molecule has 0 atom stereocenters. The van der Waals surface area contributed by atoms with Crippen molar-refractivity contribution in [3.8, 4) is 0 Å². The number of alkyl halides is 3. The van der Waals surface area contributed by atoms with Crippen LogP contribution in [-0.2, 0) is 4.79 Å². The Bertz CT molecular complexity index is 529. The Kier molecular flexibility index (Phi) is 5.42. The van der Waals surface area contributed by atoms with E-state index in [2.05, 4.69) is 5.32 Å². The average molecular weight is 325 g/mol. The van der Waals surface area contributed by atoms with Gasteiger partial charge in [0.2, 0.25) is 0 Å². The summed E-state index contributed by atoms with van der Waals surface area (Å²) >= 11 is 5.85. The highest BCUT2D eigenvalue weighted by molar-refractivity contribution is 6.33. The number of carboxylic acids is 1. The number of carbonyl (C=O) groups is 2. The van der Waals surface area contributed by atoms with Crippen LogP contribution in [0.1, 0.15) is 5.56 Å². The van der Waals surface area contributed by atoms with Crippen molar-refractivity contribution in [1.82, 2.24) is 4.90 Å². The van der Waals surface area contributed by atoms with Gasteiger partial charge in [-0.25, -0.2) is 4.79 Å². The van der Waals surface area contributed by atoms with Crippen molar-refractivity contribution in [1.29, 1.82) is 0 Å². The monoisotopic (exact) mass is 324 g/mol. The quantitative estimate of drug-likeness (QED) is 0.894. The number of hydrogen-bond acceptors (Lipinski definition) is 2. The number of hydrogen-bond donors (Lipinski definition) is 2. The van der Waals surface area contributed by atoms with E-state index >= 15 is 0 Å². The van der Waals surface area contributed by atoms with Crippen LogP contribution in [-0.4, -0.2) is 41.3 Å². The van der Waals surface area contributed by atoms with Crippen LogP contribution in [0.15, 0.2) is 18.2 Å². The predicted octanol–water partition coefficient (Wildman–Crippen LogP) is 3.13. The number of amides is 2. The molecule has 0 saturated carbocycles. The minimum absolute atomic E-state index is 0.140. The molecule has 9 heteroatoms. The van der Waals surface area contributed by atoms with Gasteiger partial charge in [0.05, 0.1) is 10.7 Å². The van der Waals surface area contributed by atoms with E-state index in [-0.39, 0.29) is 15.6 Å². The Morgan fingerprint density at radius 3 is 2.48 bits per heavy atom. The molecule has 0 saturated heterocycles. The van der Waals surface area contributed by atoms with E-state index in [1.54, 1.807) is 19.1 Å². The third-order valence-corrected chi connectivity index (χ3v) is 2.75. The summed E-state index contributed by atoms with van der Waals surface area (Å²) in [6.07, 6.45) is -4.71. The number of aliphatic carboxylic acids is 1. The summed E-state index contributed by atoms with van der Waals surface area (Å²) in [5.74, 6) is -1.55. The summed E-state index contributed by atoms with van der Waals surface area (Å²) in [6.45, 7) is -1.14. The van der Waals surface area contributed by atoms with Crippen molar-refractivity contribution in [3.05, 3.63) is 28.8 Å². The third kappa shape index (κ3) is 5.50. The van der Waals surface area contributed by atoms with Gasteiger partial charge in [0.25, 0.3) is 0 Å². The third-order valence-electron chi connectivity index (χ3n) is 2.44. The van der Waals surface area contributed by atoms with E-state index in [0.29, 0.717) is 5.56 Å². The highest BCUT2D eigenvalue weighted by atomic mass is 35.5. The molecule has 0 aliphatic rings. The number of nitrogens with zero attached hydrogens (tertiary/aromatic N) is 1. The Morgan fingerprint density at radius 2 is 2.00 bits per heavy atom. The summed E-state index contributed by atoms with van der Waals surface area (Å²) in [5.41, 5.74) is 0.680. The Hall–Kier alpha value is -1.96. The number of aryl methyl sites for hydroxylation is 1. The van der Waals surface area contributed by atoms with E-state index in [1.807, 2.05) is 0 Å². The van der Waals surface area contributed by atoms with Crippen molar-refractivity contribution < 1.29 is 27.9 Å². The SMILES string of the molecule is Cc1cccc(Cl)c1NC(=O)N(CC(=O)O)CC(F)(F)F. The van der Waals surface area contributed by atoms with E-state index in [9.17, 15) is 22.8 Å². The van der Waals surface area contributed by atoms with Gasteiger partial charge >= 0.3 is 18.2 Å². The highest BCUT2D eigenvalue weighted by Crippen LogP contribution is 2.26. The molecular weight excluding hydrogens is 313 g/mol. The van der Waals surface area contributed by atoms with Gasteiger partial charge in [-0.05, 0) is 18.6 Å². The van der Waals surface area contributed by atoms with Crippen LogP contribution in [0.5, 0.6) is 0 Å². The number of carbonyl (C=O) groups excluding carboxylic acids is 1. The summed E-state index contributed by atoms with van der Waals surface area (Å²) < 4.78 is 37.1. The smallest absolute Gasteiger partial charge is 0.406 e. The van der Waals surface area contributed by atoms with Crippen LogP contribution in [0.3, 0.4) is 0 Å². The Labute approximate surface area is 123 Å². The lowest BCUT2D eigenvalue weighted by atomic mass is 10.2. The number of halogens is 4. The number of anilines is 1. The maximum absolute atomic E-state index is 12.4. The van der Waals surface area contributed by atoms with Crippen molar-refractivity contribution in [3.63, 3.8) is 0 Å². The van der Waals surface area contributed by atoms with Gasteiger partial charge in [-0.2, -0.15) is 13.2 Å². The number of nitrogens with one attached hydrogen (secondary N) is 1. The van der Waals surface area contributed by atoms with E-state index in [1.165, 1.54) is 6.07 Å². The Morgan fingerprint density at radius 1 is 1.38 bits per heavy atom. The van der Waals surface area contributed by atoms with E-state index in [0.717, 1.165) is 0 Å². The summed E-state index contributed by atoms with van der Waals surface area (Å²) in [7, 11) is 0. The first kappa shape index (κ1) is 17.1. The standard InChI is InChI=1S/C12H12ClF3N2O3/c1-7-3-2-4-8(13)10(7)17-11(21)18(5-9(19)20)6-12(14,15)16/h2-4H,5-6H2,1H3,(H,17,21)(H,19,20). The van der Waals surface area contributed by atoms with Crippen molar-refractivity contribution >= 4 is 29.3 Å². The predicted molar refractivity (Wildman–Crippen MR) is 70.5 cm³/mol. The van der Waals surface area contributed by atoms with Gasteiger partial charge < -0.3 is 15.3 Å². The lowest BCUT2D eigenvalue weighted by Gasteiger charge is -2.23. The molecule has 0 heterocycles. The molecule has 0 aliphatic carbocycles. The van der Waals surface area contributed by atoms with Crippen molar-refractivity contribution in [2.75, 3.05) is 18.4 Å². The fourth-order valence-corrected chi connectivity index (χ4v) is 1.82. The molecule has 0 fully saturated rings. The van der Waals surface area contributed by atoms with Crippen LogP contribution in [0, 0.1) is 6.92 Å². The molecule has 0 bridgehead atoms. The lowest BCUT2D eigenvalue weighted by Crippen LogP contribution is -2.44. The Balaban J connectivity index is 2.93. The number of carboxylic acid groups (broad SMARTS) is 1. The number of benzene rings is 1. The van der Waals surface area contributed by atoms with Crippen molar-refractivity contribution in [2.45, 2.75) is 13.1 Å². The summed E-state index contributed by atoms with van der Waals surface area (Å²) in [6, 6.07) is 3.48. The largest absolute Gasteiger partial charge is 0.480 e. The highest BCUT2D eigenvalue weighted by Gasteiger charge is 2.34. The first-order valence-electron chi connectivity index (χ1n) is 5.69. The van der Waals surface area contributed by atoms with Crippen LogP contribution < -0.4 is 5.32 Å². The van der Waals surface area contributed by atoms with E-state index in [4.69, 9.17) is 16.7 Å². The number of para-hydroxylation sites is 1. The second-order valence-electron chi connectivity index (χ2n) is 4.23. The van der Waals surface area contributed by atoms with Gasteiger partial charge in [-0.3, -0.25) is 4.79 Å². The number of rotatable bonds is 4. The molecule has 2 amide bonds. The van der Waals surface area contributed by atoms with Gasteiger partial charge in [-0.15, -0.1) is 0 Å². The first-order chi connectivity index (χ1) is 9.60. The average Bonchev–Trinajstić information content (AvgIpc) is 2.30. The lowest BCUT2D eigenvalue weighted by molar-refractivity contribution is -0.148. The maximum Gasteiger partial charge on any atom is 0.406 e. The van der Waals surface area contributed by atoms with E-state index < -0.39 is 31.3 Å². The molecule has 0 radical (unpaired) electrons. The zero-order valence-electron chi connectivity index (χ0n) is 10.9. The van der Waals surface area contributed by atoms with Gasteiger partial charge in [0.1, 0.15) is 13.1 Å². The molecule has 0 unspecified atom stereocenters. The molecule has 1 rings (SSSR count). The zero-order valence-corrected chi connectivity index (χ0v) is 11.6. The molecule has 0 aliphatic heterocycles. The summed E-state index contributed by atoms with van der Waals surface area (Å²) in [4.78, 5) is 22.5. The molecule has 1 aromatic carbocycles. The van der Waals surface area contributed by atoms with Crippen LogP contribution >= 0.6 is 11.6 Å². The topological polar surface area (TPSA) is 69.6 Å². The zero-order chi connectivity index (χ0) is 16.2. The molecule has 1 aromatic rings. The molecular formula is C12H12ClF3N2O3. The molecule has 0 spiro atoms. The van der Waals surface area contributed by atoms with Crippen LogP contribution in [0.25, 0.3) is 0 Å². The summed E-state index contributed by atoms with van der Waals surface area (Å²) in [5, 5.41) is 10.9. The van der Waals surface area contributed by atoms with Crippen LogP contribution in [0.4, 0.5) is 23.7 Å². The first-order valence-corrected chi connectivity index (χ1v) is 6.07. The molecule has 2 N–H and O–H groups in total. The fourth-order valence-electron chi connectivity index (χ4n) is 1.56. The minimum atomic E-state index is -4.71. The second-order valence-corrected chi connectivity index (χ2v) is 4.63. The second kappa shape index (κ2) is 6.66. The van der Waals surface area contributed by atoms with Gasteiger partial charge in [0, 0.05) is 0 Å². The van der Waals surface area contributed by atoms with Crippen LogP contribution in [0.2, 0.25) is 5.02 Å². The fraction of sp³-hybridized carbons (Fsp3) is 0.333. The van der Waals surface area contributed by atoms with Gasteiger partial charge in [-0.1, -0.05) is 23.7 Å². The molecule has 5 nitrogen and oxygen atoms in total. The molecule has 0 aromatic heterocycles. The molecule has 116 valence electrons.